The lowest BCUT2D eigenvalue weighted by Crippen LogP contribution is -2.41. The minimum atomic E-state index is -1.84. The second-order valence-corrected chi connectivity index (χ2v) is 11.7. The molecule has 3 aliphatic rings. The van der Waals surface area contributed by atoms with Crippen LogP contribution >= 0.6 is 11.6 Å². The average Bonchev–Trinajstić information content (AvgIpc) is 3.20. The quantitative estimate of drug-likeness (QED) is 0.449. The van der Waals surface area contributed by atoms with Crippen LogP contribution in [0.5, 0.6) is 5.75 Å². The molecule has 0 fully saturated rings. The van der Waals surface area contributed by atoms with Gasteiger partial charge in [-0.25, -0.2) is 14.4 Å². The van der Waals surface area contributed by atoms with E-state index in [1.165, 1.54) is 6.92 Å². The van der Waals surface area contributed by atoms with Gasteiger partial charge in [-0.15, -0.1) is 0 Å². The van der Waals surface area contributed by atoms with Crippen molar-refractivity contribution in [3.05, 3.63) is 86.3 Å². The van der Waals surface area contributed by atoms with Crippen LogP contribution in [0.25, 0.3) is 5.70 Å². The smallest absolute Gasteiger partial charge is 0.277 e. The molecule has 5 heterocycles. The van der Waals surface area contributed by atoms with Crippen molar-refractivity contribution in [2.45, 2.75) is 70.9 Å². The molecular weight excluding hydrogens is 559 g/mol. The van der Waals surface area contributed by atoms with Gasteiger partial charge in [0, 0.05) is 45.8 Å². The van der Waals surface area contributed by atoms with Crippen LogP contribution in [0.15, 0.2) is 46.5 Å². The number of pyridine rings is 2. The summed E-state index contributed by atoms with van der Waals surface area (Å²) in [6.45, 7) is 5.55. The van der Waals surface area contributed by atoms with Crippen LogP contribution in [-0.4, -0.2) is 37.7 Å². The van der Waals surface area contributed by atoms with E-state index < -0.39 is 29.4 Å². The molecule has 9 nitrogen and oxygen atoms in total. The van der Waals surface area contributed by atoms with Crippen molar-refractivity contribution in [1.29, 1.82) is 0 Å². The third-order valence-electron chi connectivity index (χ3n) is 7.77. The summed E-state index contributed by atoms with van der Waals surface area (Å²) in [5.41, 5.74) is 1.83. The Morgan fingerprint density at radius 3 is 2.90 bits per heavy atom. The van der Waals surface area contributed by atoms with Gasteiger partial charge in [-0.3, -0.25) is 24.1 Å². The van der Waals surface area contributed by atoms with Crippen LogP contribution in [0.4, 0.5) is 4.39 Å². The summed E-state index contributed by atoms with van der Waals surface area (Å²) in [6, 6.07) is 4.63. The van der Waals surface area contributed by atoms with Gasteiger partial charge in [0.2, 0.25) is 5.91 Å². The number of dihydropyridines is 1. The zero-order valence-electron chi connectivity index (χ0n) is 25.6. The van der Waals surface area contributed by atoms with Gasteiger partial charge in [0.25, 0.3) is 5.56 Å². The van der Waals surface area contributed by atoms with E-state index in [0.717, 1.165) is 42.9 Å². The number of aryl methyl sites for hydroxylation is 2. The number of rotatable bonds is 5. The van der Waals surface area contributed by atoms with Crippen molar-refractivity contribution in [2.75, 3.05) is 6.54 Å². The first kappa shape index (κ1) is 25.8. The minimum absolute atomic E-state index is 0.0106. The first-order valence-electron chi connectivity index (χ1n) is 15.0. The molecule has 42 heavy (non-hydrogen) atoms. The summed E-state index contributed by atoms with van der Waals surface area (Å²) < 4.78 is 38.4. The summed E-state index contributed by atoms with van der Waals surface area (Å²) in [5, 5.41) is 2.73. The van der Waals surface area contributed by atoms with E-state index in [4.69, 9.17) is 29.1 Å². The number of nitrogens with zero attached hydrogens (tertiary/aromatic N) is 5. The van der Waals surface area contributed by atoms with E-state index in [1.54, 1.807) is 22.9 Å². The number of fused-ring (bicyclic) bond motifs is 4. The molecule has 11 heteroatoms. The van der Waals surface area contributed by atoms with Crippen LogP contribution in [0, 0.1) is 11.7 Å². The molecule has 1 amide bonds. The second kappa shape index (κ2) is 11.1. The van der Waals surface area contributed by atoms with Crippen molar-refractivity contribution in [1.82, 2.24) is 24.8 Å². The minimum Gasteiger partial charge on any atom is -0.482 e. The van der Waals surface area contributed by atoms with E-state index in [-0.39, 0.29) is 34.6 Å². The van der Waals surface area contributed by atoms with Crippen molar-refractivity contribution in [2.24, 2.45) is 10.9 Å². The first-order valence-corrected chi connectivity index (χ1v) is 14.4. The molecule has 2 aliphatic heterocycles. The molecule has 0 radical (unpaired) electrons. The third kappa shape index (κ3) is 5.35. The summed E-state index contributed by atoms with van der Waals surface area (Å²) in [5.74, 6) is -0.257. The monoisotopic (exact) mass is 592 g/mol. The Hall–Kier alpha value is -3.92. The number of aliphatic imine (C=N–C) groups is 1. The highest BCUT2D eigenvalue weighted by molar-refractivity contribution is 6.31. The highest BCUT2D eigenvalue weighted by Gasteiger charge is 2.31. The molecule has 0 saturated carbocycles. The first-order chi connectivity index (χ1) is 20.8. The van der Waals surface area contributed by atoms with Crippen LogP contribution in [0.3, 0.4) is 0 Å². The number of ether oxygens (including phenoxy) is 1. The van der Waals surface area contributed by atoms with Gasteiger partial charge in [-0.05, 0) is 69.7 Å². The fourth-order valence-corrected chi connectivity index (χ4v) is 5.99. The Labute approximate surface area is 250 Å². The lowest BCUT2D eigenvalue weighted by atomic mass is 9.91. The number of nitrogens with one attached hydrogen (secondary N) is 1. The molecule has 0 bridgehead atoms. The van der Waals surface area contributed by atoms with E-state index in [2.05, 4.69) is 15.3 Å². The molecule has 3 aromatic heterocycles. The lowest BCUT2D eigenvalue weighted by molar-refractivity contribution is -0.120. The van der Waals surface area contributed by atoms with Gasteiger partial charge in [-0.2, -0.15) is 0 Å². The Morgan fingerprint density at radius 2 is 2.10 bits per heavy atom. The number of halogens is 2. The van der Waals surface area contributed by atoms with Gasteiger partial charge in [0.15, 0.2) is 5.82 Å². The molecule has 1 aliphatic carbocycles. The van der Waals surface area contributed by atoms with Crippen LogP contribution in [0.1, 0.15) is 83.8 Å². The number of aromatic nitrogens is 4. The van der Waals surface area contributed by atoms with Gasteiger partial charge in [-0.1, -0.05) is 18.0 Å². The topological polar surface area (TPSA) is 111 Å². The molecule has 218 valence electrons. The van der Waals surface area contributed by atoms with E-state index in [9.17, 15) is 14.0 Å². The fourth-order valence-electron chi connectivity index (χ4n) is 5.81. The second-order valence-electron chi connectivity index (χ2n) is 11.3. The molecule has 6 rings (SSSR count). The number of allylic oxidation sites excluding steroid dienone is 1. The van der Waals surface area contributed by atoms with Crippen LogP contribution < -0.4 is 15.6 Å². The molecule has 1 unspecified atom stereocenters. The maximum atomic E-state index is 13.9. The number of amides is 1. The maximum absolute atomic E-state index is 13.9. The maximum Gasteiger partial charge on any atom is 0.277 e. The van der Waals surface area contributed by atoms with E-state index in [0.29, 0.717) is 35.9 Å². The molecule has 0 saturated heterocycles. The Bertz CT molecular complexity index is 1790. The average molecular weight is 593 g/mol. The zero-order valence-corrected chi connectivity index (χ0v) is 24.3. The lowest BCUT2D eigenvalue weighted by Gasteiger charge is -2.30. The van der Waals surface area contributed by atoms with Crippen molar-refractivity contribution in [3.8, 4) is 5.75 Å². The molecular formula is C31H32ClFN6O3. The SMILES string of the molecule is [2H]C1([2H])CC(Oc2cc3n(c(=O)c2Cl)C2=CC(c4ccnc(C(C)(C)NC(C)=O)n4)=NC[C@@H]2CCCC3)c2ncc(F)cc21. The van der Waals surface area contributed by atoms with E-state index in [1.807, 2.05) is 19.9 Å². The van der Waals surface area contributed by atoms with Crippen molar-refractivity contribution < 1.29 is 16.7 Å². The predicted molar refractivity (Wildman–Crippen MR) is 157 cm³/mol. The number of hydrogen-bond donors (Lipinski definition) is 1. The summed E-state index contributed by atoms with van der Waals surface area (Å²) in [6.07, 6.45) is 5.02. The fraction of sp³-hybridized carbons (Fsp3) is 0.419. The Morgan fingerprint density at radius 1 is 1.26 bits per heavy atom. The predicted octanol–water partition coefficient (Wildman–Crippen LogP) is 4.95. The number of hydrogen-bond acceptors (Lipinski definition) is 7. The molecule has 0 spiro atoms. The van der Waals surface area contributed by atoms with E-state index >= 15 is 0 Å². The van der Waals surface area contributed by atoms with Gasteiger partial charge in [0.1, 0.15) is 22.7 Å². The number of carbonyl (C=O) groups is 1. The highest BCUT2D eigenvalue weighted by Crippen LogP contribution is 2.38. The number of carbonyl (C=O) groups excluding carboxylic acids is 1. The molecule has 0 aromatic carbocycles. The summed E-state index contributed by atoms with van der Waals surface area (Å²) in [4.78, 5) is 43.7. The summed E-state index contributed by atoms with van der Waals surface area (Å²) >= 11 is 6.68. The normalized spacial score (nSPS) is 21.7. The summed E-state index contributed by atoms with van der Waals surface area (Å²) in [7, 11) is 0. The molecule has 2 atom stereocenters. The molecule has 1 N–H and O–H groups in total. The van der Waals surface area contributed by atoms with Crippen molar-refractivity contribution >= 4 is 28.9 Å². The van der Waals surface area contributed by atoms with Crippen molar-refractivity contribution in [3.63, 3.8) is 0 Å². The van der Waals surface area contributed by atoms with Gasteiger partial charge in [0.05, 0.1) is 28.8 Å². The van der Waals surface area contributed by atoms with Crippen LogP contribution in [0.2, 0.25) is 5.02 Å². The van der Waals surface area contributed by atoms with Gasteiger partial charge < -0.3 is 10.1 Å². The zero-order chi connectivity index (χ0) is 31.4. The third-order valence-corrected chi connectivity index (χ3v) is 8.12. The standard InChI is InChI=1S/C31H32ClFN6O3/c1-17(40)38-31(2,3)30-34-11-10-22(37-30)23-14-24-19(15-35-23)6-4-5-7-21-13-26(27(32)29(41)39(21)24)42-25-9-8-18-12-20(33)16-36-28(18)25/h10-14,16,19,25H,4-9,15H2,1-3H3,(H,38,40)/t19-,25?/m0/s1/i8D2. The molecule has 3 aromatic rings. The Balaban J connectivity index is 1.38. The largest absolute Gasteiger partial charge is 0.482 e. The van der Waals surface area contributed by atoms with Gasteiger partial charge >= 0.3 is 0 Å². The van der Waals surface area contributed by atoms with Crippen LogP contribution in [-0.2, 0) is 23.1 Å². The Kier molecular flexibility index (Phi) is 6.78. The highest BCUT2D eigenvalue weighted by atomic mass is 35.5.